The van der Waals surface area contributed by atoms with Crippen LogP contribution in [0.5, 0.6) is 0 Å². The fourth-order valence-electron chi connectivity index (χ4n) is 4.42. The van der Waals surface area contributed by atoms with Gasteiger partial charge in [0, 0.05) is 47.3 Å². The van der Waals surface area contributed by atoms with Crippen LogP contribution in [0.1, 0.15) is 57.4 Å². The zero-order valence-corrected chi connectivity index (χ0v) is 17.7. The number of hydrogen-bond acceptors (Lipinski definition) is 5. The van der Waals surface area contributed by atoms with Crippen LogP contribution >= 0.6 is 0 Å². The predicted molar refractivity (Wildman–Crippen MR) is 117 cm³/mol. The van der Waals surface area contributed by atoms with Gasteiger partial charge in [-0.1, -0.05) is 0 Å². The third-order valence-corrected chi connectivity index (χ3v) is 6.32. The molecule has 162 valence electrons. The van der Waals surface area contributed by atoms with E-state index >= 15 is 0 Å². The van der Waals surface area contributed by atoms with Crippen molar-refractivity contribution in [1.82, 2.24) is 19.6 Å². The second-order valence-electron chi connectivity index (χ2n) is 8.76. The second-order valence-corrected chi connectivity index (χ2v) is 8.76. The molecule has 5 rings (SSSR count). The minimum Gasteiger partial charge on any atom is -0.350 e. The van der Waals surface area contributed by atoms with Gasteiger partial charge in [0.05, 0.1) is 11.7 Å². The fourth-order valence-corrected chi connectivity index (χ4v) is 4.42. The van der Waals surface area contributed by atoms with E-state index in [1.54, 1.807) is 6.20 Å². The molecule has 6 nitrogen and oxygen atoms in total. The highest BCUT2D eigenvalue weighted by Gasteiger charge is 2.28. The number of nitrogens with zero attached hydrogens (tertiary/aromatic N) is 5. The Morgan fingerprint density at radius 1 is 1.23 bits per heavy atom. The predicted octanol–water partition coefficient (Wildman–Crippen LogP) is 5.63. The van der Waals surface area contributed by atoms with Crippen molar-refractivity contribution in [3.63, 3.8) is 0 Å². The van der Waals surface area contributed by atoms with E-state index in [2.05, 4.69) is 32.3 Å². The van der Waals surface area contributed by atoms with Crippen molar-refractivity contribution in [2.45, 2.75) is 64.3 Å². The van der Waals surface area contributed by atoms with Crippen LogP contribution in [0, 0.1) is 5.92 Å². The van der Waals surface area contributed by atoms with Gasteiger partial charge >= 0.3 is 0 Å². The van der Waals surface area contributed by atoms with Gasteiger partial charge in [-0.25, -0.2) is 28.3 Å². The topological polar surface area (TPSA) is 67.5 Å². The average Bonchev–Trinajstić information content (AvgIpc) is 3.52. The number of pyridine rings is 1. The molecule has 4 heterocycles. The standard InChI is InChI=1S/C23H26F2N6/c1-13-9-16(5-6-21(24)25)19-10-17(11-26-22(19)28-13)18-7-8-31-20(18)12-27-23(30-31)29-14(2)15-3-4-15/h7-8,10-12,14-16,21H,3-6,9H2,1-2H3,(H,29,30)/t14-,16?/m1/s1. The first-order chi connectivity index (χ1) is 15.0. The summed E-state index contributed by atoms with van der Waals surface area (Å²) in [6.45, 7) is 4.10. The lowest BCUT2D eigenvalue weighted by atomic mass is 9.87. The van der Waals surface area contributed by atoms with Crippen LogP contribution in [-0.4, -0.2) is 37.8 Å². The van der Waals surface area contributed by atoms with E-state index in [0.29, 0.717) is 36.6 Å². The smallest absolute Gasteiger partial charge is 0.241 e. The van der Waals surface area contributed by atoms with Crippen molar-refractivity contribution in [2.24, 2.45) is 10.9 Å². The zero-order valence-electron chi connectivity index (χ0n) is 17.7. The highest BCUT2D eigenvalue weighted by Crippen LogP contribution is 2.39. The lowest BCUT2D eigenvalue weighted by molar-refractivity contribution is 0.132. The number of aromatic nitrogens is 4. The first kappa shape index (κ1) is 20.0. The highest BCUT2D eigenvalue weighted by molar-refractivity contribution is 5.88. The molecule has 2 aliphatic rings. The zero-order chi connectivity index (χ0) is 21.5. The van der Waals surface area contributed by atoms with Crippen LogP contribution in [0.2, 0.25) is 0 Å². The summed E-state index contributed by atoms with van der Waals surface area (Å²) in [5.41, 5.74) is 4.66. The Morgan fingerprint density at radius 2 is 2.06 bits per heavy atom. The van der Waals surface area contributed by atoms with Crippen molar-refractivity contribution < 1.29 is 8.78 Å². The summed E-state index contributed by atoms with van der Waals surface area (Å²) in [4.78, 5) is 13.6. The van der Waals surface area contributed by atoms with Gasteiger partial charge in [-0.2, -0.15) is 0 Å². The highest BCUT2D eigenvalue weighted by atomic mass is 19.3. The van der Waals surface area contributed by atoms with E-state index in [0.717, 1.165) is 27.9 Å². The van der Waals surface area contributed by atoms with Crippen LogP contribution in [0.4, 0.5) is 20.5 Å². The van der Waals surface area contributed by atoms with Gasteiger partial charge in [-0.15, -0.1) is 5.10 Å². The lowest BCUT2D eigenvalue weighted by Gasteiger charge is -2.23. The van der Waals surface area contributed by atoms with Crippen LogP contribution in [-0.2, 0) is 0 Å². The molecule has 1 N–H and O–H groups in total. The monoisotopic (exact) mass is 424 g/mol. The number of hydrogen-bond donors (Lipinski definition) is 1. The quantitative estimate of drug-likeness (QED) is 0.534. The van der Waals surface area contributed by atoms with E-state index in [4.69, 9.17) is 0 Å². The van der Waals surface area contributed by atoms with Gasteiger partial charge < -0.3 is 5.32 Å². The van der Waals surface area contributed by atoms with E-state index < -0.39 is 6.43 Å². The number of nitrogens with one attached hydrogen (secondary N) is 1. The normalized spacial score (nSPS) is 19.4. The second kappa shape index (κ2) is 7.98. The number of anilines is 1. The third kappa shape index (κ3) is 4.16. The van der Waals surface area contributed by atoms with E-state index in [-0.39, 0.29) is 12.3 Å². The molecule has 31 heavy (non-hydrogen) atoms. The number of alkyl halides is 2. The molecule has 1 fully saturated rings. The minimum atomic E-state index is -2.29. The maximum absolute atomic E-state index is 12.8. The Labute approximate surface area is 179 Å². The molecule has 3 aromatic rings. The molecule has 0 aromatic carbocycles. The summed E-state index contributed by atoms with van der Waals surface area (Å²) in [5.74, 6) is 1.99. The van der Waals surface area contributed by atoms with Gasteiger partial charge in [0.25, 0.3) is 0 Å². The van der Waals surface area contributed by atoms with E-state index in [1.807, 2.05) is 36.0 Å². The van der Waals surface area contributed by atoms with Crippen LogP contribution in [0.3, 0.4) is 0 Å². The number of fused-ring (bicyclic) bond motifs is 2. The molecular formula is C23H26F2N6. The maximum atomic E-state index is 12.8. The van der Waals surface area contributed by atoms with Gasteiger partial charge in [-0.3, -0.25) is 0 Å². The number of rotatable bonds is 7. The largest absolute Gasteiger partial charge is 0.350 e. The van der Waals surface area contributed by atoms with Crippen LogP contribution < -0.4 is 5.32 Å². The molecule has 8 heteroatoms. The molecule has 1 unspecified atom stereocenters. The maximum Gasteiger partial charge on any atom is 0.241 e. The minimum absolute atomic E-state index is 0.0128. The Balaban J connectivity index is 1.45. The summed E-state index contributed by atoms with van der Waals surface area (Å²) >= 11 is 0. The SMILES string of the molecule is CC1=Nc2ncc(-c3ccn4nc(N[C@H](C)C5CC5)ncc34)cc2C(CCC(F)F)C1. The Bertz CT molecular complexity index is 1130. The summed E-state index contributed by atoms with van der Waals surface area (Å²) in [6.07, 6.45) is 6.76. The number of aliphatic imine (C=N–C) groups is 1. The molecule has 2 atom stereocenters. The van der Waals surface area contributed by atoms with Gasteiger partial charge in [0.2, 0.25) is 12.4 Å². The van der Waals surface area contributed by atoms with E-state index in [1.165, 1.54) is 12.8 Å². The molecular weight excluding hydrogens is 398 g/mol. The third-order valence-electron chi connectivity index (χ3n) is 6.32. The molecule has 1 saturated carbocycles. The van der Waals surface area contributed by atoms with Crippen LogP contribution in [0.15, 0.2) is 35.7 Å². The van der Waals surface area contributed by atoms with Crippen molar-refractivity contribution >= 4 is 23.0 Å². The van der Waals surface area contributed by atoms with Crippen molar-refractivity contribution in [2.75, 3.05) is 5.32 Å². The van der Waals surface area contributed by atoms with Gasteiger partial charge in [0.15, 0.2) is 5.82 Å². The molecule has 0 radical (unpaired) electrons. The summed E-state index contributed by atoms with van der Waals surface area (Å²) in [7, 11) is 0. The van der Waals surface area contributed by atoms with Gasteiger partial charge in [0.1, 0.15) is 0 Å². The molecule has 0 bridgehead atoms. The molecule has 1 aliphatic carbocycles. The molecule has 0 amide bonds. The fraction of sp³-hybridized carbons (Fsp3) is 0.478. The summed E-state index contributed by atoms with van der Waals surface area (Å²) in [6, 6.07) is 4.41. The van der Waals surface area contributed by atoms with Crippen molar-refractivity contribution in [3.05, 3.63) is 36.3 Å². The lowest BCUT2D eigenvalue weighted by Crippen LogP contribution is -2.19. The van der Waals surface area contributed by atoms with Crippen molar-refractivity contribution in [3.8, 4) is 11.1 Å². The van der Waals surface area contributed by atoms with Gasteiger partial charge in [-0.05, 0) is 63.5 Å². The summed E-state index contributed by atoms with van der Waals surface area (Å²) < 4.78 is 27.5. The number of halogens is 2. The van der Waals surface area contributed by atoms with E-state index in [9.17, 15) is 8.78 Å². The first-order valence-electron chi connectivity index (χ1n) is 10.9. The first-order valence-corrected chi connectivity index (χ1v) is 10.9. The Kier molecular flexibility index (Phi) is 5.16. The molecule has 3 aromatic heterocycles. The van der Waals surface area contributed by atoms with Crippen LogP contribution in [0.25, 0.3) is 16.6 Å². The molecule has 1 aliphatic heterocycles. The Morgan fingerprint density at radius 3 is 2.84 bits per heavy atom. The molecule has 0 saturated heterocycles. The Hall–Kier alpha value is -2.90. The molecule has 0 spiro atoms. The average molecular weight is 424 g/mol. The summed E-state index contributed by atoms with van der Waals surface area (Å²) in [5, 5.41) is 7.99. The van der Waals surface area contributed by atoms with Crippen molar-refractivity contribution in [1.29, 1.82) is 0 Å².